The van der Waals surface area contributed by atoms with E-state index in [1.807, 2.05) is 20.8 Å². The number of nitrogens with one attached hydrogen (secondary N) is 1. The van der Waals surface area contributed by atoms with Gasteiger partial charge in [0.15, 0.2) is 0 Å². The highest BCUT2D eigenvalue weighted by molar-refractivity contribution is 9.09. The molecule has 3 aliphatic rings. The second-order valence-electron chi connectivity index (χ2n) is 11.8. The second kappa shape index (κ2) is 15.0. The Labute approximate surface area is 258 Å². The molecule has 1 spiro atoms. The lowest BCUT2D eigenvalue weighted by Gasteiger charge is -2.41. The van der Waals surface area contributed by atoms with Gasteiger partial charge in [-0.2, -0.15) is 0 Å². The maximum Gasteiger partial charge on any atom is 0.312 e. The molecule has 0 aliphatic carbocycles. The lowest BCUT2D eigenvalue weighted by Crippen LogP contribution is -2.60. The van der Waals surface area contributed by atoms with Crippen LogP contribution < -0.4 is 5.32 Å². The van der Waals surface area contributed by atoms with Crippen molar-refractivity contribution in [2.24, 2.45) is 17.8 Å². The molecule has 3 heterocycles. The number of allylic oxidation sites excluding steroid dienone is 1. The Morgan fingerprint density at radius 1 is 1.29 bits per heavy atom. The lowest BCUT2D eigenvalue weighted by atomic mass is 9.70. The first kappa shape index (κ1) is 34.3. The number of alkyl halides is 1. The standard InChI is InChI=1S/C31H48BrN3O7/c1-7-11-13-23(37)33-17-20(6)41-30(40)24-25-28(38)35(22(18-36)19(5)10-4)27(31(25)16-21(32)26(24)42-31)29(39)34(14-9-3)15-12-8-2/h7,9,19-22,24-27,36H,1,3,8,10-18H2,2,4-6H3,(H,33,37)/t19-,20-,21?,22-,24+,25-,26+,27+,31-/m0/s1. The van der Waals surface area contributed by atoms with Crippen molar-refractivity contribution >= 4 is 39.6 Å². The number of esters is 1. The van der Waals surface area contributed by atoms with Crippen molar-refractivity contribution in [2.75, 3.05) is 26.2 Å². The highest BCUT2D eigenvalue weighted by atomic mass is 79.9. The molecule has 9 atom stereocenters. The van der Waals surface area contributed by atoms with Crippen LogP contribution in [0.4, 0.5) is 0 Å². The topological polar surface area (TPSA) is 125 Å². The minimum absolute atomic E-state index is 0.0972. The SMILES string of the molecule is C=CCCC(=O)NC[C@H](C)OC(=O)[C@H]1[C@@H]2O[C@@]3(CC2Br)[C@@H]1C(=O)N([C@@H](CO)[C@@H](C)CC)[C@@H]3C(=O)N(CC=C)CCCC. The number of hydrogen-bond acceptors (Lipinski definition) is 7. The molecule has 3 saturated heterocycles. The molecule has 10 nitrogen and oxygen atoms in total. The fourth-order valence-corrected chi connectivity index (χ4v) is 7.60. The summed E-state index contributed by atoms with van der Waals surface area (Å²) >= 11 is 3.68. The average Bonchev–Trinajstić information content (AvgIpc) is 3.56. The van der Waals surface area contributed by atoms with Gasteiger partial charge in [0.2, 0.25) is 17.7 Å². The van der Waals surface area contributed by atoms with E-state index < -0.39 is 47.7 Å². The van der Waals surface area contributed by atoms with E-state index in [0.717, 1.165) is 12.8 Å². The molecule has 3 fully saturated rings. The number of aliphatic hydroxyl groups is 1. The monoisotopic (exact) mass is 653 g/mol. The van der Waals surface area contributed by atoms with Gasteiger partial charge in [-0.25, -0.2) is 0 Å². The predicted molar refractivity (Wildman–Crippen MR) is 163 cm³/mol. The molecule has 0 radical (unpaired) electrons. The number of carbonyl (C=O) groups is 4. The molecule has 0 saturated carbocycles. The zero-order chi connectivity index (χ0) is 31.2. The molecule has 236 valence electrons. The van der Waals surface area contributed by atoms with Crippen LogP contribution in [0.25, 0.3) is 0 Å². The zero-order valence-corrected chi connectivity index (χ0v) is 27.0. The van der Waals surface area contributed by atoms with Crippen LogP contribution in [-0.2, 0) is 28.7 Å². The predicted octanol–water partition coefficient (Wildman–Crippen LogP) is 2.97. The molecule has 3 aliphatic heterocycles. The van der Waals surface area contributed by atoms with Gasteiger partial charge in [0.25, 0.3) is 0 Å². The molecule has 1 unspecified atom stereocenters. The van der Waals surface area contributed by atoms with Gasteiger partial charge in [-0.1, -0.05) is 61.7 Å². The van der Waals surface area contributed by atoms with Gasteiger partial charge >= 0.3 is 5.97 Å². The number of likely N-dealkylation sites (tertiary alicyclic amines) is 1. The molecule has 2 N–H and O–H groups in total. The number of rotatable bonds is 17. The highest BCUT2D eigenvalue weighted by Crippen LogP contribution is 2.61. The van der Waals surface area contributed by atoms with Gasteiger partial charge in [0.05, 0.1) is 37.1 Å². The average molecular weight is 655 g/mol. The van der Waals surface area contributed by atoms with E-state index in [4.69, 9.17) is 9.47 Å². The van der Waals surface area contributed by atoms with Crippen LogP contribution in [0.3, 0.4) is 0 Å². The Balaban J connectivity index is 1.96. The van der Waals surface area contributed by atoms with E-state index in [1.54, 1.807) is 24.0 Å². The first-order valence-electron chi connectivity index (χ1n) is 15.2. The van der Waals surface area contributed by atoms with Crippen LogP contribution in [-0.4, -0.2) is 99.6 Å². The largest absolute Gasteiger partial charge is 0.460 e. The van der Waals surface area contributed by atoms with Crippen molar-refractivity contribution in [1.82, 2.24) is 15.1 Å². The van der Waals surface area contributed by atoms with Crippen LogP contribution in [0.1, 0.15) is 66.2 Å². The Kier molecular flexibility index (Phi) is 12.2. The lowest BCUT2D eigenvalue weighted by molar-refractivity contribution is -0.160. The molecule has 2 bridgehead atoms. The van der Waals surface area contributed by atoms with Gasteiger partial charge in [-0.05, 0) is 32.1 Å². The van der Waals surface area contributed by atoms with E-state index >= 15 is 0 Å². The number of halogens is 1. The Hall–Kier alpha value is -2.24. The molecule has 0 aromatic heterocycles. The number of aliphatic hydroxyl groups excluding tert-OH is 1. The first-order chi connectivity index (χ1) is 20.0. The van der Waals surface area contributed by atoms with Crippen LogP contribution >= 0.6 is 15.9 Å². The van der Waals surface area contributed by atoms with Crippen molar-refractivity contribution < 1.29 is 33.8 Å². The minimum atomic E-state index is -1.24. The summed E-state index contributed by atoms with van der Waals surface area (Å²) in [6.07, 6.45) is 5.60. The normalized spacial score (nSPS) is 29.9. The Morgan fingerprint density at radius 2 is 2.00 bits per heavy atom. The maximum absolute atomic E-state index is 14.4. The van der Waals surface area contributed by atoms with Gasteiger partial charge in [-0.15, -0.1) is 13.2 Å². The number of amides is 3. The van der Waals surface area contributed by atoms with Crippen molar-refractivity contribution in [3.63, 3.8) is 0 Å². The molecular weight excluding hydrogens is 606 g/mol. The number of nitrogens with zero attached hydrogens (tertiary/aromatic N) is 2. The summed E-state index contributed by atoms with van der Waals surface area (Å²) < 4.78 is 12.4. The smallest absolute Gasteiger partial charge is 0.312 e. The molecule has 0 aromatic rings. The molecular formula is C31H48BrN3O7. The van der Waals surface area contributed by atoms with Crippen LogP contribution in [0.2, 0.25) is 0 Å². The van der Waals surface area contributed by atoms with Crippen LogP contribution in [0.5, 0.6) is 0 Å². The van der Waals surface area contributed by atoms with Gasteiger partial charge in [-0.3, -0.25) is 19.2 Å². The summed E-state index contributed by atoms with van der Waals surface area (Å²) in [4.78, 5) is 57.4. The van der Waals surface area contributed by atoms with Crippen molar-refractivity contribution in [3.05, 3.63) is 25.3 Å². The van der Waals surface area contributed by atoms with E-state index in [0.29, 0.717) is 38.8 Å². The third-order valence-corrected chi connectivity index (χ3v) is 9.85. The van der Waals surface area contributed by atoms with Crippen molar-refractivity contribution in [2.45, 2.75) is 101 Å². The van der Waals surface area contributed by atoms with Crippen molar-refractivity contribution in [1.29, 1.82) is 0 Å². The fraction of sp³-hybridized carbons (Fsp3) is 0.742. The van der Waals surface area contributed by atoms with Crippen LogP contribution in [0, 0.1) is 17.8 Å². The quantitative estimate of drug-likeness (QED) is 0.140. The fourth-order valence-electron chi connectivity index (χ4n) is 6.65. The third kappa shape index (κ3) is 6.63. The summed E-state index contributed by atoms with van der Waals surface area (Å²) in [7, 11) is 0. The molecule has 42 heavy (non-hydrogen) atoms. The Morgan fingerprint density at radius 3 is 2.60 bits per heavy atom. The van der Waals surface area contributed by atoms with Crippen molar-refractivity contribution in [3.8, 4) is 0 Å². The number of carbonyl (C=O) groups excluding carboxylic acids is 4. The van der Waals surface area contributed by atoms with Gasteiger partial charge in [0.1, 0.15) is 17.7 Å². The van der Waals surface area contributed by atoms with E-state index in [1.165, 1.54) is 4.90 Å². The highest BCUT2D eigenvalue weighted by Gasteiger charge is 2.77. The summed E-state index contributed by atoms with van der Waals surface area (Å²) in [6.45, 7) is 15.7. The molecule has 0 aromatic carbocycles. The second-order valence-corrected chi connectivity index (χ2v) is 13.0. The molecule has 11 heteroatoms. The molecule has 3 amide bonds. The number of unbranched alkanes of at least 4 members (excludes halogenated alkanes) is 1. The van der Waals surface area contributed by atoms with E-state index in [9.17, 15) is 24.3 Å². The maximum atomic E-state index is 14.4. The summed E-state index contributed by atoms with van der Waals surface area (Å²) in [6, 6.07) is -1.62. The zero-order valence-electron chi connectivity index (χ0n) is 25.4. The third-order valence-electron chi connectivity index (χ3n) is 9.00. The number of ether oxygens (including phenoxy) is 2. The molecule has 3 rings (SSSR count). The van der Waals surface area contributed by atoms with E-state index in [-0.39, 0.29) is 41.6 Å². The summed E-state index contributed by atoms with van der Waals surface area (Å²) in [5, 5.41) is 13.3. The van der Waals surface area contributed by atoms with E-state index in [2.05, 4.69) is 34.4 Å². The summed E-state index contributed by atoms with van der Waals surface area (Å²) in [5.41, 5.74) is -1.24. The van der Waals surface area contributed by atoms with Gasteiger partial charge in [0, 0.05) is 24.3 Å². The van der Waals surface area contributed by atoms with Gasteiger partial charge < -0.3 is 29.7 Å². The minimum Gasteiger partial charge on any atom is -0.460 e. The van der Waals surface area contributed by atoms with Crippen LogP contribution in [0.15, 0.2) is 25.3 Å². The number of hydrogen-bond donors (Lipinski definition) is 2. The number of fused-ring (bicyclic) bond motifs is 1. The summed E-state index contributed by atoms with van der Waals surface area (Å²) in [5.74, 6) is -3.35. The first-order valence-corrected chi connectivity index (χ1v) is 16.2. The Bertz CT molecular complexity index is 1020.